The number of ether oxygens (including phenoxy) is 2. The van der Waals surface area contributed by atoms with Crippen LogP contribution in [0.3, 0.4) is 0 Å². The number of hydrogen-bond donors (Lipinski definition) is 0. The van der Waals surface area contributed by atoms with E-state index in [1.807, 2.05) is 0 Å². The fourth-order valence-corrected chi connectivity index (χ4v) is 4.16. The zero-order valence-corrected chi connectivity index (χ0v) is 13.4. The Labute approximate surface area is 123 Å². The van der Waals surface area contributed by atoms with Gasteiger partial charge in [0, 0.05) is 19.6 Å². The van der Waals surface area contributed by atoms with Gasteiger partial charge in [0.2, 0.25) is 0 Å². The zero-order valence-electron chi connectivity index (χ0n) is 13.4. The second kappa shape index (κ2) is 6.57. The summed E-state index contributed by atoms with van der Waals surface area (Å²) in [6.45, 7) is 4.85. The molecule has 1 atom stereocenters. The predicted molar refractivity (Wildman–Crippen MR) is 79.8 cm³/mol. The molecule has 0 aromatic heterocycles. The van der Waals surface area contributed by atoms with E-state index >= 15 is 0 Å². The smallest absolute Gasteiger partial charge is 0.167 e. The highest BCUT2D eigenvalue weighted by Crippen LogP contribution is 2.42. The Balaban J connectivity index is 2.09. The van der Waals surface area contributed by atoms with Crippen molar-refractivity contribution in [2.45, 2.75) is 82.8 Å². The second-order valence-electron chi connectivity index (χ2n) is 6.55. The average molecular weight is 282 g/mol. The molecule has 1 heterocycles. The molecule has 0 amide bonds. The van der Waals surface area contributed by atoms with E-state index < -0.39 is 5.60 Å². The van der Waals surface area contributed by atoms with Crippen LogP contribution in [0.15, 0.2) is 0 Å². The van der Waals surface area contributed by atoms with Crippen LogP contribution >= 0.6 is 0 Å². The quantitative estimate of drug-likeness (QED) is 0.767. The summed E-state index contributed by atoms with van der Waals surface area (Å²) in [6.07, 6.45) is 9.39. The minimum atomic E-state index is -0.572. The molecule has 2 fully saturated rings. The Morgan fingerprint density at radius 3 is 2.45 bits per heavy atom. The van der Waals surface area contributed by atoms with Crippen LogP contribution in [-0.4, -0.2) is 30.7 Å². The fourth-order valence-electron chi connectivity index (χ4n) is 4.16. The van der Waals surface area contributed by atoms with Gasteiger partial charge in [-0.1, -0.05) is 33.1 Å². The van der Waals surface area contributed by atoms with Crippen LogP contribution in [-0.2, 0) is 14.3 Å². The lowest BCUT2D eigenvalue weighted by molar-refractivity contribution is -0.161. The molecule has 1 saturated heterocycles. The van der Waals surface area contributed by atoms with Crippen LogP contribution in [0.4, 0.5) is 0 Å². The van der Waals surface area contributed by atoms with Gasteiger partial charge in [-0.3, -0.25) is 4.79 Å². The van der Waals surface area contributed by atoms with E-state index in [4.69, 9.17) is 9.47 Å². The van der Waals surface area contributed by atoms with Crippen LogP contribution < -0.4 is 0 Å². The lowest BCUT2D eigenvalue weighted by Crippen LogP contribution is -2.49. The molecule has 1 unspecified atom stereocenters. The van der Waals surface area contributed by atoms with E-state index in [2.05, 4.69) is 13.8 Å². The largest absolute Gasteiger partial charge is 0.375 e. The Morgan fingerprint density at radius 1 is 1.25 bits per heavy atom. The van der Waals surface area contributed by atoms with Crippen molar-refractivity contribution in [3.05, 3.63) is 0 Å². The Hall–Kier alpha value is -0.410. The lowest BCUT2D eigenvalue weighted by atomic mass is 9.72. The number of methoxy groups -OCH3 is 1. The van der Waals surface area contributed by atoms with E-state index in [0.29, 0.717) is 5.78 Å². The molecule has 2 aliphatic rings. The molecule has 0 radical (unpaired) electrons. The predicted octanol–water partition coefficient (Wildman–Crippen LogP) is 3.89. The summed E-state index contributed by atoms with van der Waals surface area (Å²) >= 11 is 0. The van der Waals surface area contributed by atoms with E-state index in [-0.39, 0.29) is 11.5 Å². The molecular formula is C17H30O3. The van der Waals surface area contributed by atoms with Gasteiger partial charge in [0.05, 0.1) is 5.60 Å². The molecule has 1 saturated carbocycles. The van der Waals surface area contributed by atoms with Gasteiger partial charge in [0.1, 0.15) is 5.60 Å². The van der Waals surface area contributed by atoms with Crippen LogP contribution in [0, 0.1) is 5.92 Å². The van der Waals surface area contributed by atoms with E-state index in [1.165, 1.54) is 19.3 Å². The van der Waals surface area contributed by atoms with Crippen molar-refractivity contribution in [3.8, 4) is 0 Å². The van der Waals surface area contributed by atoms with Crippen molar-refractivity contribution in [2.75, 3.05) is 13.7 Å². The second-order valence-corrected chi connectivity index (χ2v) is 6.55. The van der Waals surface area contributed by atoms with E-state index in [0.717, 1.165) is 45.1 Å². The van der Waals surface area contributed by atoms with Gasteiger partial charge in [-0.2, -0.15) is 0 Å². The Bertz CT molecular complexity index is 313. The normalized spacial score (nSPS) is 26.6. The lowest BCUT2D eigenvalue weighted by Gasteiger charge is -2.45. The number of rotatable bonds is 5. The number of carbonyl (C=O) groups excluding carboxylic acids is 1. The summed E-state index contributed by atoms with van der Waals surface area (Å²) in [5.74, 6) is 0.444. The van der Waals surface area contributed by atoms with Crippen molar-refractivity contribution >= 4 is 5.78 Å². The van der Waals surface area contributed by atoms with Gasteiger partial charge < -0.3 is 9.47 Å². The molecule has 0 aromatic carbocycles. The zero-order chi connectivity index (χ0) is 14.6. The van der Waals surface area contributed by atoms with E-state index in [1.54, 1.807) is 7.11 Å². The third kappa shape index (κ3) is 2.94. The molecule has 0 N–H and O–H groups in total. The highest BCUT2D eigenvalue weighted by atomic mass is 16.5. The summed E-state index contributed by atoms with van der Waals surface area (Å²) in [5, 5.41) is 0. The first-order valence-electron chi connectivity index (χ1n) is 8.35. The fraction of sp³-hybridized carbons (Fsp3) is 0.941. The minimum absolute atomic E-state index is 0.00219. The van der Waals surface area contributed by atoms with Crippen LogP contribution in [0.1, 0.15) is 71.6 Å². The number of carbonyl (C=O) groups is 1. The highest BCUT2D eigenvalue weighted by molar-refractivity contribution is 5.89. The molecule has 1 aliphatic heterocycles. The van der Waals surface area contributed by atoms with Crippen molar-refractivity contribution in [1.82, 2.24) is 0 Å². The Morgan fingerprint density at radius 2 is 1.90 bits per heavy atom. The number of hydrogen-bond acceptors (Lipinski definition) is 3. The molecular weight excluding hydrogens is 252 g/mol. The van der Waals surface area contributed by atoms with Crippen molar-refractivity contribution < 1.29 is 14.3 Å². The molecule has 116 valence electrons. The molecule has 3 nitrogen and oxygen atoms in total. The van der Waals surface area contributed by atoms with Crippen LogP contribution in [0.2, 0.25) is 0 Å². The maximum Gasteiger partial charge on any atom is 0.167 e. The molecule has 0 aromatic rings. The average Bonchev–Trinajstić information content (AvgIpc) is 2.50. The van der Waals surface area contributed by atoms with Gasteiger partial charge in [-0.15, -0.1) is 0 Å². The van der Waals surface area contributed by atoms with Gasteiger partial charge in [-0.25, -0.2) is 0 Å². The van der Waals surface area contributed by atoms with Gasteiger partial charge in [0.25, 0.3) is 0 Å². The summed E-state index contributed by atoms with van der Waals surface area (Å²) < 4.78 is 11.7. The summed E-state index contributed by atoms with van der Waals surface area (Å²) in [5.41, 5.74) is -0.574. The molecule has 20 heavy (non-hydrogen) atoms. The number of ketones is 1. The van der Waals surface area contributed by atoms with Gasteiger partial charge >= 0.3 is 0 Å². The van der Waals surface area contributed by atoms with Crippen molar-refractivity contribution in [1.29, 1.82) is 0 Å². The van der Waals surface area contributed by atoms with Crippen molar-refractivity contribution in [2.24, 2.45) is 5.92 Å². The molecule has 3 heteroatoms. The third-order valence-corrected chi connectivity index (χ3v) is 5.61. The van der Waals surface area contributed by atoms with Crippen LogP contribution in [0.25, 0.3) is 0 Å². The summed E-state index contributed by atoms with van der Waals surface area (Å²) in [6, 6.07) is 0. The number of Topliss-reactive ketones (excluding diaryl/α,β-unsaturated/α-hetero) is 1. The van der Waals surface area contributed by atoms with Crippen molar-refractivity contribution in [3.63, 3.8) is 0 Å². The first-order chi connectivity index (χ1) is 9.61. The monoisotopic (exact) mass is 282 g/mol. The summed E-state index contributed by atoms with van der Waals surface area (Å²) in [4.78, 5) is 13.0. The van der Waals surface area contributed by atoms with Gasteiger partial charge in [-0.05, 0) is 38.5 Å². The highest BCUT2D eigenvalue weighted by Gasteiger charge is 2.46. The summed E-state index contributed by atoms with van der Waals surface area (Å²) in [7, 11) is 1.68. The van der Waals surface area contributed by atoms with E-state index in [9.17, 15) is 4.79 Å². The first kappa shape index (κ1) is 16.0. The maximum atomic E-state index is 13.0. The molecule has 0 bridgehead atoms. The minimum Gasteiger partial charge on any atom is -0.375 e. The van der Waals surface area contributed by atoms with Crippen LogP contribution in [0.5, 0.6) is 0 Å². The molecule has 2 rings (SSSR count). The van der Waals surface area contributed by atoms with Gasteiger partial charge in [0.15, 0.2) is 5.78 Å². The standard InChI is InChI=1S/C17H30O3/c1-4-17(5-2,19-3)15(18)14-9-12-20-16(13-14)10-7-6-8-11-16/h14H,4-13H2,1-3H3. The first-order valence-corrected chi connectivity index (χ1v) is 8.35. The Kier molecular flexibility index (Phi) is 5.25. The third-order valence-electron chi connectivity index (χ3n) is 5.61. The molecule has 1 aliphatic carbocycles. The molecule has 1 spiro atoms. The topological polar surface area (TPSA) is 35.5 Å². The maximum absolute atomic E-state index is 13.0. The SMILES string of the molecule is CCC(CC)(OC)C(=O)C1CCOC2(CCCCC2)C1.